The lowest BCUT2D eigenvalue weighted by atomic mass is 10.1. The number of nitrogens with one attached hydrogen (secondary N) is 1. The Kier molecular flexibility index (Phi) is 5.34. The van der Waals surface area contributed by atoms with Gasteiger partial charge in [0.1, 0.15) is 6.04 Å². The Morgan fingerprint density at radius 1 is 1.35 bits per heavy atom. The number of hydrogen-bond acceptors (Lipinski definition) is 3. The largest absolute Gasteiger partial charge is 0.393 e. The SMILES string of the molecule is CC(NC(=O)CC(N)=S)C(=O)N1CCCCC1. The minimum atomic E-state index is -0.505. The topological polar surface area (TPSA) is 75.4 Å². The Labute approximate surface area is 107 Å². The minimum absolute atomic E-state index is 0.00699. The van der Waals surface area contributed by atoms with Crippen LogP contribution in [0.1, 0.15) is 32.6 Å². The van der Waals surface area contributed by atoms with E-state index in [1.165, 1.54) is 6.42 Å². The van der Waals surface area contributed by atoms with E-state index in [1.54, 1.807) is 11.8 Å². The molecule has 0 aliphatic carbocycles. The summed E-state index contributed by atoms with van der Waals surface area (Å²) in [5.41, 5.74) is 5.26. The Bertz CT molecular complexity index is 314. The van der Waals surface area contributed by atoms with Gasteiger partial charge >= 0.3 is 0 Å². The van der Waals surface area contributed by atoms with E-state index < -0.39 is 6.04 Å². The maximum absolute atomic E-state index is 12.0. The van der Waals surface area contributed by atoms with Crippen LogP contribution in [0.4, 0.5) is 0 Å². The van der Waals surface area contributed by atoms with E-state index in [1.807, 2.05) is 0 Å². The van der Waals surface area contributed by atoms with Gasteiger partial charge in [0.05, 0.1) is 11.4 Å². The highest BCUT2D eigenvalue weighted by Crippen LogP contribution is 2.09. The van der Waals surface area contributed by atoms with E-state index in [9.17, 15) is 9.59 Å². The molecule has 6 heteroatoms. The van der Waals surface area contributed by atoms with Crippen molar-refractivity contribution in [1.82, 2.24) is 10.2 Å². The van der Waals surface area contributed by atoms with Gasteiger partial charge in [0.2, 0.25) is 11.8 Å². The van der Waals surface area contributed by atoms with Crippen molar-refractivity contribution in [2.75, 3.05) is 13.1 Å². The lowest BCUT2D eigenvalue weighted by molar-refractivity contribution is -0.136. The summed E-state index contributed by atoms with van der Waals surface area (Å²) >= 11 is 4.64. The predicted octanol–water partition coefficient (Wildman–Crippen LogP) is 0.180. The van der Waals surface area contributed by atoms with Gasteiger partial charge in [-0.3, -0.25) is 9.59 Å². The molecule has 1 saturated heterocycles. The number of amides is 2. The number of carbonyl (C=O) groups is 2. The van der Waals surface area contributed by atoms with Gasteiger partial charge in [0.15, 0.2) is 0 Å². The van der Waals surface area contributed by atoms with Crippen LogP contribution in [-0.4, -0.2) is 40.8 Å². The van der Waals surface area contributed by atoms with Crippen molar-refractivity contribution in [2.24, 2.45) is 5.73 Å². The number of nitrogens with zero attached hydrogens (tertiary/aromatic N) is 1. The first-order valence-electron chi connectivity index (χ1n) is 5.87. The first kappa shape index (κ1) is 13.9. The molecule has 1 rings (SSSR count). The van der Waals surface area contributed by atoms with Gasteiger partial charge in [-0.25, -0.2) is 0 Å². The molecule has 0 spiro atoms. The third-order valence-corrected chi connectivity index (χ3v) is 2.89. The molecule has 1 heterocycles. The predicted molar refractivity (Wildman–Crippen MR) is 69.4 cm³/mol. The molecule has 0 saturated carbocycles. The summed E-state index contributed by atoms with van der Waals surface area (Å²) in [6.07, 6.45) is 3.25. The fraction of sp³-hybridized carbons (Fsp3) is 0.727. The highest BCUT2D eigenvalue weighted by Gasteiger charge is 2.23. The van der Waals surface area contributed by atoms with E-state index in [-0.39, 0.29) is 23.2 Å². The van der Waals surface area contributed by atoms with Crippen LogP contribution in [-0.2, 0) is 9.59 Å². The molecule has 96 valence electrons. The lowest BCUT2D eigenvalue weighted by Crippen LogP contribution is -2.48. The molecular formula is C11H19N3O2S. The van der Waals surface area contributed by atoms with Crippen LogP contribution in [0.5, 0.6) is 0 Å². The van der Waals surface area contributed by atoms with Crippen molar-refractivity contribution in [2.45, 2.75) is 38.6 Å². The van der Waals surface area contributed by atoms with Crippen LogP contribution >= 0.6 is 12.2 Å². The van der Waals surface area contributed by atoms with Gasteiger partial charge < -0.3 is 16.0 Å². The van der Waals surface area contributed by atoms with Gasteiger partial charge in [-0.05, 0) is 26.2 Å². The Balaban J connectivity index is 2.40. The van der Waals surface area contributed by atoms with Crippen LogP contribution in [0.15, 0.2) is 0 Å². The Hall–Kier alpha value is -1.17. The zero-order valence-corrected chi connectivity index (χ0v) is 10.9. The fourth-order valence-electron chi connectivity index (χ4n) is 1.90. The van der Waals surface area contributed by atoms with Crippen LogP contribution < -0.4 is 11.1 Å². The molecule has 1 aliphatic heterocycles. The van der Waals surface area contributed by atoms with Gasteiger partial charge in [-0.1, -0.05) is 12.2 Å². The number of nitrogens with two attached hydrogens (primary N) is 1. The van der Waals surface area contributed by atoms with Crippen molar-refractivity contribution in [1.29, 1.82) is 0 Å². The maximum Gasteiger partial charge on any atom is 0.244 e. The van der Waals surface area contributed by atoms with Gasteiger partial charge in [-0.15, -0.1) is 0 Å². The highest BCUT2D eigenvalue weighted by atomic mass is 32.1. The number of carbonyl (C=O) groups excluding carboxylic acids is 2. The molecule has 1 unspecified atom stereocenters. The van der Waals surface area contributed by atoms with E-state index >= 15 is 0 Å². The van der Waals surface area contributed by atoms with E-state index in [4.69, 9.17) is 5.73 Å². The average Bonchev–Trinajstić information content (AvgIpc) is 2.28. The summed E-state index contributed by atoms with van der Waals surface area (Å²) in [6, 6.07) is -0.505. The number of thiocarbonyl (C=S) groups is 1. The van der Waals surface area contributed by atoms with E-state index in [0.29, 0.717) is 0 Å². The van der Waals surface area contributed by atoms with Gasteiger partial charge in [-0.2, -0.15) is 0 Å². The zero-order chi connectivity index (χ0) is 12.8. The third-order valence-electron chi connectivity index (χ3n) is 2.75. The number of likely N-dealkylation sites (tertiary alicyclic amines) is 1. The summed E-state index contributed by atoms with van der Waals surface area (Å²) in [6.45, 7) is 3.26. The van der Waals surface area contributed by atoms with Crippen LogP contribution in [0.3, 0.4) is 0 Å². The van der Waals surface area contributed by atoms with Gasteiger partial charge in [0, 0.05) is 13.1 Å². The molecule has 0 aromatic carbocycles. The van der Waals surface area contributed by atoms with Crippen molar-refractivity contribution in [3.8, 4) is 0 Å². The smallest absolute Gasteiger partial charge is 0.244 e. The molecule has 2 amide bonds. The molecule has 1 aliphatic rings. The van der Waals surface area contributed by atoms with Crippen LogP contribution in [0.2, 0.25) is 0 Å². The van der Waals surface area contributed by atoms with Crippen LogP contribution in [0, 0.1) is 0 Å². The van der Waals surface area contributed by atoms with Gasteiger partial charge in [0.25, 0.3) is 0 Å². The molecule has 0 aromatic heterocycles. The molecular weight excluding hydrogens is 238 g/mol. The first-order chi connectivity index (χ1) is 8.00. The van der Waals surface area contributed by atoms with E-state index in [0.717, 1.165) is 25.9 Å². The summed E-state index contributed by atoms with van der Waals surface area (Å²) in [5, 5.41) is 2.61. The number of rotatable bonds is 4. The second-order valence-corrected chi connectivity index (χ2v) is 4.84. The summed E-state index contributed by atoms with van der Waals surface area (Å²) in [5.74, 6) is -0.323. The summed E-state index contributed by atoms with van der Waals surface area (Å²) in [7, 11) is 0. The molecule has 1 atom stereocenters. The van der Waals surface area contributed by atoms with Crippen molar-refractivity contribution in [3.63, 3.8) is 0 Å². The van der Waals surface area contributed by atoms with E-state index in [2.05, 4.69) is 17.5 Å². The average molecular weight is 257 g/mol. The fourth-order valence-corrected chi connectivity index (χ4v) is 2.03. The summed E-state index contributed by atoms with van der Waals surface area (Å²) in [4.78, 5) is 25.3. The molecule has 3 N–H and O–H groups in total. The molecule has 0 bridgehead atoms. The highest BCUT2D eigenvalue weighted by molar-refractivity contribution is 7.80. The number of piperidine rings is 1. The Morgan fingerprint density at radius 3 is 2.47 bits per heavy atom. The minimum Gasteiger partial charge on any atom is -0.393 e. The van der Waals surface area contributed by atoms with Crippen molar-refractivity contribution < 1.29 is 9.59 Å². The normalized spacial score (nSPS) is 17.4. The van der Waals surface area contributed by atoms with Crippen molar-refractivity contribution >= 4 is 29.0 Å². The second-order valence-electron chi connectivity index (χ2n) is 4.32. The van der Waals surface area contributed by atoms with Crippen LogP contribution in [0.25, 0.3) is 0 Å². The maximum atomic E-state index is 12.0. The standard InChI is InChI=1S/C11H19N3O2S/c1-8(13-10(15)7-9(12)17)11(16)14-5-3-2-4-6-14/h8H,2-7H2,1H3,(H2,12,17)(H,13,15). The number of hydrogen-bond donors (Lipinski definition) is 2. The molecule has 0 aromatic rings. The Morgan fingerprint density at radius 2 is 1.94 bits per heavy atom. The lowest BCUT2D eigenvalue weighted by Gasteiger charge is -2.29. The first-order valence-corrected chi connectivity index (χ1v) is 6.28. The molecule has 17 heavy (non-hydrogen) atoms. The quantitative estimate of drug-likeness (QED) is 0.705. The van der Waals surface area contributed by atoms with Crippen molar-refractivity contribution in [3.05, 3.63) is 0 Å². The monoisotopic (exact) mass is 257 g/mol. The molecule has 0 radical (unpaired) electrons. The second kappa shape index (κ2) is 6.54. The third kappa shape index (κ3) is 4.68. The molecule has 5 nitrogen and oxygen atoms in total. The summed E-state index contributed by atoms with van der Waals surface area (Å²) < 4.78 is 0. The zero-order valence-electron chi connectivity index (χ0n) is 10.1. The molecule has 1 fully saturated rings.